The highest BCUT2D eigenvalue weighted by molar-refractivity contribution is 6.31. The van der Waals surface area contributed by atoms with Gasteiger partial charge in [-0.25, -0.2) is 0 Å². The zero-order chi connectivity index (χ0) is 26.2. The molecule has 0 bridgehead atoms. The van der Waals surface area contributed by atoms with Crippen LogP contribution in [-0.4, -0.2) is 53.7 Å². The van der Waals surface area contributed by atoms with Crippen LogP contribution in [0.15, 0.2) is 66.7 Å². The summed E-state index contributed by atoms with van der Waals surface area (Å²) in [5.41, 5.74) is 2.29. The van der Waals surface area contributed by atoms with Crippen LogP contribution in [0, 0.1) is 0 Å². The molecule has 3 aromatic carbocycles. The lowest BCUT2D eigenvalue weighted by Crippen LogP contribution is -2.50. The molecule has 1 unspecified atom stereocenters. The largest absolute Gasteiger partial charge is 0.367 e. The Kier molecular flexibility index (Phi) is 6.84. The van der Waals surface area contributed by atoms with Crippen molar-refractivity contribution in [2.45, 2.75) is 18.9 Å². The van der Waals surface area contributed by atoms with E-state index in [1.165, 1.54) is 6.92 Å². The number of benzene rings is 3. The van der Waals surface area contributed by atoms with Crippen molar-refractivity contribution < 1.29 is 14.4 Å². The Balaban J connectivity index is 1.46. The molecule has 1 saturated heterocycles. The van der Waals surface area contributed by atoms with E-state index in [0.29, 0.717) is 59.6 Å². The van der Waals surface area contributed by atoms with E-state index in [9.17, 15) is 14.4 Å². The van der Waals surface area contributed by atoms with Crippen LogP contribution in [0.25, 0.3) is 0 Å². The van der Waals surface area contributed by atoms with E-state index in [1.807, 2.05) is 30.3 Å². The molecule has 0 aliphatic carbocycles. The number of fused-ring (bicyclic) bond motifs is 1. The van der Waals surface area contributed by atoms with Gasteiger partial charge < -0.3 is 20.4 Å². The van der Waals surface area contributed by atoms with Gasteiger partial charge >= 0.3 is 0 Å². The second-order valence-electron chi connectivity index (χ2n) is 9.36. The molecule has 3 amide bonds. The molecule has 2 N–H and O–H groups in total. The second-order valence-corrected chi connectivity index (χ2v) is 10.2. The molecule has 7 nitrogen and oxygen atoms in total. The van der Waals surface area contributed by atoms with Crippen LogP contribution in [0.1, 0.15) is 28.4 Å². The first-order chi connectivity index (χ1) is 17.7. The third kappa shape index (κ3) is 5.02. The van der Waals surface area contributed by atoms with Crippen LogP contribution in [0.2, 0.25) is 10.0 Å². The van der Waals surface area contributed by atoms with Gasteiger partial charge in [0.15, 0.2) is 0 Å². The van der Waals surface area contributed by atoms with E-state index in [-0.39, 0.29) is 17.7 Å². The molecule has 2 aliphatic heterocycles. The maximum Gasteiger partial charge on any atom is 0.255 e. The Labute approximate surface area is 225 Å². The average molecular weight is 537 g/mol. The molecule has 5 rings (SSSR count). The summed E-state index contributed by atoms with van der Waals surface area (Å²) < 4.78 is 0. The number of hydrogen-bond donors (Lipinski definition) is 2. The molecular formula is C28H26Cl2N4O3. The van der Waals surface area contributed by atoms with E-state index in [0.717, 1.165) is 11.1 Å². The number of piperazine rings is 1. The first kappa shape index (κ1) is 25.1. The lowest BCUT2D eigenvalue weighted by molar-refractivity contribution is -0.130. The van der Waals surface area contributed by atoms with Crippen molar-refractivity contribution in [2.24, 2.45) is 0 Å². The van der Waals surface area contributed by atoms with Crippen molar-refractivity contribution >= 4 is 52.3 Å². The van der Waals surface area contributed by atoms with Gasteiger partial charge in [-0.2, -0.15) is 0 Å². The first-order valence-corrected chi connectivity index (χ1v) is 12.8. The third-order valence-corrected chi connectivity index (χ3v) is 7.39. The van der Waals surface area contributed by atoms with Gasteiger partial charge in [0, 0.05) is 72.1 Å². The minimum absolute atomic E-state index is 0.0136. The van der Waals surface area contributed by atoms with Crippen LogP contribution in [0.3, 0.4) is 0 Å². The summed E-state index contributed by atoms with van der Waals surface area (Å²) >= 11 is 12.5. The van der Waals surface area contributed by atoms with Crippen molar-refractivity contribution in [1.29, 1.82) is 0 Å². The maximum atomic E-state index is 13.6. The number of rotatable bonds is 5. The fourth-order valence-electron chi connectivity index (χ4n) is 5.02. The molecule has 37 heavy (non-hydrogen) atoms. The topological polar surface area (TPSA) is 81.8 Å². The number of anilines is 2. The lowest BCUT2D eigenvalue weighted by Gasteiger charge is -2.34. The Morgan fingerprint density at radius 3 is 2.35 bits per heavy atom. The second kappa shape index (κ2) is 10.1. The third-order valence-electron chi connectivity index (χ3n) is 6.91. The summed E-state index contributed by atoms with van der Waals surface area (Å²) in [7, 11) is 0. The zero-order valence-corrected chi connectivity index (χ0v) is 21.8. The Morgan fingerprint density at radius 2 is 1.62 bits per heavy atom. The van der Waals surface area contributed by atoms with Crippen molar-refractivity contribution in [3.05, 3.63) is 93.5 Å². The number of halogens is 2. The number of nitrogens with one attached hydrogen (secondary N) is 2. The number of amides is 3. The maximum absolute atomic E-state index is 13.6. The molecule has 9 heteroatoms. The average Bonchev–Trinajstić information content (AvgIpc) is 3.13. The van der Waals surface area contributed by atoms with E-state index in [1.54, 1.807) is 46.2 Å². The molecule has 1 atom stereocenters. The lowest BCUT2D eigenvalue weighted by atomic mass is 9.84. The molecule has 3 aromatic rings. The molecule has 190 valence electrons. The van der Waals surface area contributed by atoms with Crippen LogP contribution in [0.4, 0.5) is 11.4 Å². The molecule has 0 aromatic heterocycles. The van der Waals surface area contributed by atoms with Crippen molar-refractivity contribution in [3.63, 3.8) is 0 Å². The highest BCUT2D eigenvalue weighted by atomic mass is 35.5. The Morgan fingerprint density at radius 1 is 0.919 bits per heavy atom. The molecule has 1 fully saturated rings. The zero-order valence-electron chi connectivity index (χ0n) is 20.3. The van der Waals surface area contributed by atoms with E-state index < -0.39 is 5.54 Å². The number of hydrogen-bond acceptors (Lipinski definition) is 4. The number of nitrogens with zero attached hydrogens (tertiary/aromatic N) is 2. The van der Waals surface area contributed by atoms with Gasteiger partial charge in [-0.15, -0.1) is 0 Å². The molecule has 2 aliphatic rings. The minimum Gasteiger partial charge on any atom is -0.367 e. The summed E-state index contributed by atoms with van der Waals surface area (Å²) in [4.78, 5) is 41.9. The van der Waals surface area contributed by atoms with Crippen molar-refractivity contribution in [1.82, 2.24) is 9.80 Å². The Bertz CT molecular complexity index is 1390. The van der Waals surface area contributed by atoms with Gasteiger partial charge in [0.25, 0.3) is 11.8 Å². The van der Waals surface area contributed by atoms with E-state index in [2.05, 4.69) is 10.6 Å². The molecule has 2 heterocycles. The highest BCUT2D eigenvalue weighted by Gasteiger charge is 2.47. The standard InChI is InChI=1S/C28H26Cl2N4O3/c1-18(35)33-10-12-34(13-11-33)26(36)20-5-3-7-23(15-20)32-28(17-19-4-2-6-21(29)14-19)24-9-8-22(30)16-25(24)31-27(28)37/h2-9,14-16,32H,10-13,17H2,1H3,(H,31,37). The van der Waals surface area contributed by atoms with Crippen LogP contribution >= 0.6 is 23.2 Å². The number of carbonyl (C=O) groups excluding carboxylic acids is 3. The van der Waals surface area contributed by atoms with E-state index >= 15 is 0 Å². The van der Waals surface area contributed by atoms with Gasteiger partial charge in [0.05, 0.1) is 0 Å². The highest BCUT2D eigenvalue weighted by Crippen LogP contribution is 2.42. The molecule has 0 radical (unpaired) electrons. The van der Waals surface area contributed by atoms with Gasteiger partial charge in [-0.1, -0.05) is 47.5 Å². The normalized spacial score (nSPS) is 18.8. The van der Waals surface area contributed by atoms with Gasteiger partial charge in [0.2, 0.25) is 5.91 Å². The monoisotopic (exact) mass is 536 g/mol. The van der Waals surface area contributed by atoms with Crippen molar-refractivity contribution in [2.75, 3.05) is 36.8 Å². The fourth-order valence-corrected chi connectivity index (χ4v) is 5.41. The Hall–Kier alpha value is -3.55. The first-order valence-electron chi connectivity index (χ1n) is 12.0. The predicted molar refractivity (Wildman–Crippen MR) is 145 cm³/mol. The van der Waals surface area contributed by atoms with Crippen LogP contribution < -0.4 is 10.6 Å². The molecule has 0 spiro atoms. The quantitative estimate of drug-likeness (QED) is 0.490. The van der Waals surface area contributed by atoms with Gasteiger partial charge in [-0.05, 0) is 48.0 Å². The van der Waals surface area contributed by atoms with Gasteiger partial charge in [0.1, 0.15) is 5.54 Å². The minimum atomic E-state index is -1.14. The summed E-state index contributed by atoms with van der Waals surface area (Å²) in [5, 5.41) is 7.51. The van der Waals surface area contributed by atoms with Gasteiger partial charge in [-0.3, -0.25) is 14.4 Å². The fraction of sp³-hybridized carbons (Fsp3) is 0.250. The van der Waals surface area contributed by atoms with Crippen LogP contribution in [-0.2, 0) is 21.5 Å². The molecule has 0 saturated carbocycles. The summed E-state index contributed by atoms with van der Waals surface area (Å²) in [6.07, 6.45) is 0.333. The van der Waals surface area contributed by atoms with E-state index in [4.69, 9.17) is 23.2 Å². The molecular weight excluding hydrogens is 511 g/mol. The van der Waals surface area contributed by atoms with Crippen LogP contribution in [0.5, 0.6) is 0 Å². The SMILES string of the molecule is CC(=O)N1CCN(C(=O)c2cccc(NC3(Cc4cccc(Cl)c4)C(=O)Nc4cc(Cl)ccc43)c2)CC1. The summed E-state index contributed by atoms with van der Waals surface area (Å²) in [6, 6.07) is 19.9. The number of carbonyl (C=O) groups is 3. The predicted octanol–water partition coefficient (Wildman–Crippen LogP) is 4.80. The summed E-state index contributed by atoms with van der Waals surface area (Å²) in [5.74, 6) is -0.319. The summed E-state index contributed by atoms with van der Waals surface area (Å²) in [6.45, 7) is 3.52. The van der Waals surface area contributed by atoms with Crippen molar-refractivity contribution in [3.8, 4) is 0 Å². The smallest absolute Gasteiger partial charge is 0.255 e.